The maximum atomic E-state index is 12.6. The van der Waals surface area contributed by atoms with Gasteiger partial charge in [0.1, 0.15) is 16.1 Å². The summed E-state index contributed by atoms with van der Waals surface area (Å²) < 4.78 is 0. The monoisotopic (exact) mass is 580 g/mol. The highest BCUT2D eigenvalue weighted by Crippen LogP contribution is 2.21. The Morgan fingerprint density at radius 2 is 1.02 bits per heavy atom. The summed E-state index contributed by atoms with van der Waals surface area (Å²) in [5.41, 5.74) is 4.87. The molecule has 0 aromatic heterocycles. The van der Waals surface area contributed by atoms with Crippen LogP contribution in [0.3, 0.4) is 0 Å². The van der Waals surface area contributed by atoms with Crippen LogP contribution in [-0.4, -0.2) is 28.1 Å². The van der Waals surface area contributed by atoms with Crippen molar-refractivity contribution in [3.8, 4) is 0 Å². The maximum absolute atomic E-state index is 12.6. The predicted molar refractivity (Wildman–Crippen MR) is 166 cm³/mol. The van der Waals surface area contributed by atoms with Gasteiger partial charge in [0.2, 0.25) is 0 Å². The maximum Gasteiger partial charge on any atom is 0.373 e. The zero-order valence-corrected chi connectivity index (χ0v) is 26.5. The quantitative estimate of drug-likeness (QED) is 0.0798. The lowest BCUT2D eigenvalue weighted by molar-refractivity contribution is -0.363. The Morgan fingerprint density at radius 3 is 1.32 bits per heavy atom. The Labute approximate surface area is 242 Å². The average Bonchev–Trinajstić information content (AvgIpc) is 3.01. The molecule has 8 heteroatoms. The van der Waals surface area contributed by atoms with Crippen LogP contribution in [0.5, 0.6) is 0 Å². The van der Waals surface area contributed by atoms with Crippen molar-refractivity contribution in [3.63, 3.8) is 0 Å². The molecule has 2 aromatic rings. The first kappa shape index (κ1) is 33.4. The highest BCUT2D eigenvalue weighted by molar-refractivity contribution is 6.96. The van der Waals surface area contributed by atoms with E-state index in [4.69, 9.17) is 19.6 Å². The molecule has 2 aromatic carbocycles. The zero-order valence-electron chi connectivity index (χ0n) is 24.5. The molecule has 0 bridgehead atoms. The molecule has 0 unspecified atom stereocenters. The Kier molecular flexibility index (Phi) is 13.8. The van der Waals surface area contributed by atoms with Crippen LogP contribution in [0.15, 0.2) is 73.1 Å². The molecule has 0 aliphatic rings. The number of carbonyl (C=O) groups excluding carboxylic acids is 2. The van der Waals surface area contributed by atoms with E-state index in [9.17, 15) is 9.59 Å². The van der Waals surface area contributed by atoms with Gasteiger partial charge in [-0.1, -0.05) is 118 Å². The van der Waals surface area contributed by atoms with Crippen molar-refractivity contribution < 1.29 is 29.1 Å². The molecule has 0 saturated carbocycles. The minimum Gasteiger partial charge on any atom is -0.289 e. The third kappa shape index (κ3) is 8.36. The summed E-state index contributed by atoms with van der Waals surface area (Å²) in [5, 5.41) is 2.44. The molecule has 0 aliphatic carbocycles. The summed E-state index contributed by atoms with van der Waals surface area (Å²) in [6.45, 7) is 20.6. The van der Waals surface area contributed by atoms with E-state index >= 15 is 0 Å². The molecule has 0 spiro atoms. The largest absolute Gasteiger partial charge is 0.373 e. The highest BCUT2D eigenvalue weighted by atomic mass is 28.3. The van der Waals surface area contributed by atoms with Crippen LogP contribution >= 0.6 is 0 Å². The Bertz CT molecular complexity index is 1010. The van der Waals surface area contributed by atoms with E-state index in [1.165, 1.54) is 10.4 Å². The van der Waals surface area contributed by atoms with Gasteiger partial charge < -0.3 is 0 Å². The smallest absolute Gasteiger partial charge is 0.289 e. The van der Waals surface area contributed by atoms with Crippen molar-refractivity contribution in [1.82, 2.24) is 0 Å². The number of unbranched alkanes of at least 4 members (excludes halogenated alkanes) is 2. The first-order valence-electron chi connectivity index (χ1n) is 14.2. The van der Waals surface area contributed by atoms with Crippen LogP contribution in [0.4, 0.5) is 0 Å². The molecule has 216 valence electrons. The van der Waals surface area contributed by atoms with Gasteiger partial charge >= 0.3 is 18.2 Å². The average molecular weight is 581 g/mol. The van der Waals surface area contributed by atoms with Gasteiger partial charge in [-0.05, 0) is 30.7 Å². The van der Waals surface area contributed by atoms with E-state index in [1.807, 2.05) is 24.3 Å². The van der Waals surface area contributed by atoms with Crippen molar-refractivity contribution in [2.24, 2.45) is 0 Å². The first-order valence-corrected chi connectivity index (χ1v) is 19.2. The lowest BCUT2D eigenvalue weighted by atomic mass is 10.2. The minimum atomic E-state index is -1.77. The summed E-state index contributed by atoms with van der Waals surface area (Å²) in [5.74, 6) is -1.35. The normalized spacial score (nSPS) is 11.8. The molecule has 0 aliphatic heterocycles. The number of carbonyl (C=O) groups is 2. The summed E-state index contributed by atoms with van der Waals surface area (Å²) in [7, 11) is -3.55. The summed E-state index contributed by atoms with van der Waals surface area (Å²) >= 11 is 0. The number of benzene rings is 2. The summed E-state index contributed by atoms with van der Waals surface area (Å²) in [6, 6.07) is 18.9. The third-order valence-corrected chi connectivity index (χ3v) is 17.6. The molecular formula is C32H44O6Si2. The van der Waals surface area contributed by atoms with E-state index in [2.05, 4.69) is 59.2 Å². The molecule has 0 saturated heterocycles. The van der Waals surface area contributed by atoms with E-state index in [0.29, 0.717) is 17.5 Å². The number of hydrogen-bond acceptors (Lipinski definition) is 6. The lowest BCUT2D eigenvalue weighted by Gasteiger charge is -2.26. The molecule has 0 amide bonds. The number of rotatable bonds is 18. The van der Waals surface area contributed by atoms with Gasteiger partial charge in [0.25, 0.3) is 0 Å². The first-order chi connectivity index (χ1) is 19.3. The molecule has 0 N–H and O–H groups in total. The van der Waals surface area contributed by atoms with Gasteiger partial charge in [0, 0.05) is 6.42 Å². The van der Waals surface area contributed by atoms with Crippen molar-refractivity contribution in [2.45, 2.75) is 77.6 Å². The molecule has 2 radical (unpaired) electrons. The molecule has 0 heterocycles. The van der Waals surface area contributed by atoms with E-state index in [0.717, 1.165) is 37.0 Å². The van der Waals surface area contributed by atoms with Gasteiger partial charge in [-0.2, -0.15) is 0 Å². The summed E-state index contributed by atoms with van der Waals surface area (Å²) in [6.07, 6.45) is 2.33. The van der Waals surface area contributed by atoms with Crippen LogP contribution in [0.25, 0.3) is 0 Å². The second-order valence-electron chi connectivity index (χ2n) is 9.88. The molecular weight excluding hydrogens is 537 g/mol. The SMILES string of the molecule is [CH2]CCCC[C](OOC(=O)c1ccc([Si](C=C)(CC)CC)cc1)OOC(=O)c1ccc([Si](C=C)(CC)CC)cc1. The Morgan fingerprint density at radius 1 is 0.650 bits per heavy atom. The highest BCUT2D eigenvalue weighted by Gasteiger charge is 2.29. The fourth-order valence-corrected chi connectivity index (χ4v) is 10.7. The van der Waals surface area contributed by atoms with Crippen LogP contribution in [0.2, 0.25) is 24.2 Å². The minimum absolute atomic E-state index is 0.117. The van der Waals surface area contributed by atoms with Crippen LogP contribution in [-0.2, 0) is 19.6 Å². The van der Waals surface area contributed by atoms with Crippen molar-refractivity contribution in [2.75, 3.05) is 0 Å². The topological polar surface area (TPSA) is 71.1 Å². The summed E-state index contributed by atoms with van der Waals surface area (Å²) in [4.78, 5) is 45.8. The standard InChI is InChI=1S/C32H44O6Si2/c1-8-15-16-17-30(35-37-31(33)26-18-22-28(23-19-26)39(9-2,10-3)11-4)36-38-32(34)27-20-24-29(25-21-27)40(12-5,13-6)14-7/h9,12,18-25H,1-2,5,8,10-11,13-17H2,3-4,6-7H3. The van der Waals surface area contributed by atoms with E-state index in [-0.39, 0.29) is 12.7 Å². The fraction of sp³-hybridized carbons (Fsp3) is 0.375. The molecule has 0 fully saturated rings. The van der Waals surface area contributed by atoms with Crippen molar-refractivity contribution in [1.29, 1.82) is 0 Å². The third-order valence-electron chi connectivity index (χ3n) is 8.00. The van der Waals surface area contributed by atoms with Crippen LogP contribution in [0, 0.1) is 13.2 Å². The molecule has 40 heavy (non-hydrogen) atoms. The zero-order chi connectivity index (χ0) is 29.6. The molecule has 6 nitrogen and oxygen atoms in total. The van der Waals surface area contributed by atoms with E-state index in [1.54, 1.807) is 24.3 Å². The van der Waals surface area contributed by atoms with E-state index < -0.39 is 28.1 Å². The number of hydrogen-bond donors (Lipinski definition) is 0. The lowest BCUT2D eigenvalue weighted by Crippen LogP contribution is -2.44. The van der Waals surface area contributed by atoms with Crippen molar-refractivity contribution in [3.05, 3.63) is 97.4 Å². The Balaban J connectivity index is 2.02. The van der Waals surface area contributed by atoms with Crippen molar-refractivity contribution >= 4 is 38.5 Å². The van der Waals surface area contributed by atoms with Gasteiger partial charge in [0.05, 0.1) is 11.1 Å². The van der Waals surface area contributed by atoms with Gasteiger partial charge in [-0.3, -0.25) is 9.78 Å². The van der Waals surface area contributed by atoms with Crippen LogP contribution in [0.1, 0.15) is 74.1 Å². The second kappa shape index (κ2) is 16.5. The van der Waals surface area contributed by atoms with Gasteiger partial charge in [0.15, 0.2) is 0 Å². The van der Waals surface area contributed by atoms with Gasteiger partial charge in [-0.15, -0.1) is 22.9 Å². The Hall–Kier alpha value is -2.79. The molecule has 0 atom stereocenters. The second-order valence-corrected chi connectivity index (χ2v) is 19.3. The predicted octanol–water partition coefficient (Wildman–Crippen LogP) is 7.29. The van der Waals surface area contributed by atoms with Gasteiger partial charge in [-0.25, -0.2) is 9.59 Å². The molecule has 2 rings (SSSR count). The van der Waals surface area contributed by atoms with Crippen LogP contribution < -0.4 is 10.4 Å². The fourth-order valence-electron chi connectivity index (χ4n) is 4.81.